The summed E-state index contributed by atoms with van der Waals surface area (Å²) in [4.78, 5) is 32.6. The number of hydrogen-bond donors (Lipinski definition) is 3. The highest BCUT2D eigenvalue weighted by molar-refractivity contribution is 6.29. The fraction of sp³-hybridized carbons (Fsp3) is 0.0714. The van der Waals surface area contributed by atoms with E-state index in [-0.39, 0.29) is 34.3 Å². The molecule has 0 unspecified atom stereocenters. The van der Waals surface area contributed by atoms with Gasteiger partial charge in [0, 0.05) is 34.3 Å². The van der Waals surface area contributed by atoms with Crippen molar-refractivity contribution in [3.05, 3.63) is 107 Å². The third-order valence-electron chi connectivity index (χ3n) is 5.56. The Morgan fingerprint density at radius 3 is 1.86 bits per heavy atom. The molecule has 42 heavy (non-hydrogen) atoms. The number of halogens is 7. The molecule has 14 heteroatoms. The Hall–Kier alpha value is -4.91. The number of aromatic nitrogens is 2. The smallest absolute Gasteiger partial charge is 0.340 e. The molecular formula is C28H18ClF6N5O2. The van der Waals surface area contributed by atoms with E-state index in [0.29, 0.717) is 29.1 Å². The average Bonchev–Trinajstić information content (AvgIpc) is 2.92. The van der Waals surface area contributed by atoms with Crippen LogP contribution in [0.3, 0.4) is 0 Å². The first-order valence-corrected chi connectivity index (χ1v) is 12.2. The largest absolute Gasteiger partial charge is 0.416 e. The number of nitrogens with zero attached hydrogens (tertiary/aromatic N) is 2. The fourth-order valence-corrected chi connectivity index (χ4v) is 3.77. The monoisotopic (exact) mass is 605 g/mol. The molecule has 7 nitrogen and oxygen atoms in total. The molecule has 0 saturated carbocycles. The van der Waals surface area contributed by atoms with Gasteiger partial charge in [0.25, 0.3) is 5.91 Å². The molecule has 0 atom stereocenters. The SMILES string of the molecule is C=CC(=O)Nc1ccc(-c2nc(Cl)cc(Nc3ccc(C(=O)Nc4cc(C(F)(F)F)cc(C(F)(F)F)c4)cc3)n2)cc1. The number of anilines is 4. The number of carbonyl (C=O) groups excluding carboxylic acids is 2. The fourth-order valence-electron chi connectivity index (χ4n) is 3.59. The van der Waals surface area contributed by atoms with Crippen LogP contribution in [0.5, 0.6) is 0 Å². The van der Waals surface area contributed by atoms with Gasteiger partial charge in [0.2, 0.25) is 5.91 Å². The number of rotatable bonds is 7. The number of hydrogen-bond acceptors (Lipinski definition) is 5. The summed E-state index contributed by atoms with van der Waals surface area (Å²) in [7, 11) is 0. The molecule has 3 aromatic carbocycles. The number of carbonyl (C=O) groups is 2. The maximum Gasteiger partial charge on any atom is 0.416 e. The van der Waals surface area contributed by atoms with Crippen molar-refractivity contribution >= 4 is 46.3 Å². The van der Waals surface area contributed by atoms with Gasteiger partial charge in [-0.15, -0.1) is 0 Å². The number of amides is 2. The van der Waals surface area contributed by atoms with Crippen LogP contribution in [-0.4, -0.2) is 21.8 Å². The Balaban J connectivity index is 1.49. The van der Waals surface area contributed by atoms with E-state index in [0.717, 1.165) is 6.08 Å². The molecule has 0 aliphatic heterocycles. The van der Waals surface area contributed by atoms with Crippen LogP contribution in [0.1, 0.15) is 21.5 Å². The minimum Gasteiger partial charge on any atom is -0.340 e. The van der Waals surface area contributed by atoms with E-state index in [1.54, 1.807) is 24.3 Å². The minimum absolute atomic E-state index is 0.0281. The minimum atomic E-state index is -5.05. The summed E-state index contributed by atoms with van der Waals surface area (Å²) in [6.07, 6.45) is -8.97. The summed E-state index contributed by atoms with van der Waals surface area (Å²) in [5, 5.41) is 7.78. The van der Waals surface area contributed by atoms with Gasteiger partial charge in [0.15, 0.2) is 5.82 Å². The highest BCUT2D eigenvalue weighted by Crippen LogP contribution is 2.37. The van der Waals surface area contributed by atoms with Crippen LogP contribution < -0.4 is 16.0 Å². The Morgan fingerprint density at radius 1 is 0.738 bits per heavy atom. The van der Waals surface area contributed by atoms with Gasteiger partial charge in [-0.05, 0) is 72.8 Å². The zero-order valence-electron chi connectivity index (χ0n) is 21.1. The van der Waals surface area contributed by atoms with Crippen LogP contribution >= 0.6 is 11.6 Å². The van der Waals surface area contributed by atoms with E-state index in [1.165, 1.54) is 30.3 Å². The van der Waals surface area contributed by atoms with Crippen molar-refractivity contribution in [1.82, 2.24) is 9.97 Å². The molecule has 216 valence electrons. The normalized spacial score (nSPS) is 11.5. The molecule has 0 fully saturated rings. The summed E-state index contributed by atoms with van der Waals surface area (Å²) in [5.41, 5.74) is -2.24. The van der Waals surface area contributed by atoms with Crippen molar-refractivity contribution in [2.45, 2.75) is 12.4 Å². The average molecular weight is 606 g/mol. The molecule has 1 aromatic heterocycles. The Morgan fingerprint density at radius 2 is 1.31 bits per heavy atom. The number of nitrogens with one attached hydrogen (secondary N) is 3. The summed E-state index contributed by atoms with van der Waals surface area (Å²) < 4.78 is 78.7. The third kappa shape index (κ3) is 7.63. The molecule has 0 aliphatic rings. The van der Waals surface area contributed by atoms with Crippen molar-refractivity contribution in [1.29, 1.82) is 0 Å². The van der Waals surface area contributed by atoms with Gasteiger partial charge in [-0.2, -0.15) is 26.3 Å². The molecule has 0 saturated heterocycles. The molecule has 1 heterocycles. The van der Waals surface area contributed by atoms with Gasteiger partial charge in [0.1, 0.15) is 11.0 Å². The first kappa shape index (κ1) is 30.1. The molecular weight excluding hydrogens is 588 g/mol. The summed E-state index contributed by atoms with van der Waals surface area (Å²) in [5.74, 6) is -0.742. The van der Waals surface area contributed by atoms with Gasteiger partial charge >= 0.3 is 12.4 Å². The van der Waals surface area contributed by atoms with Crippen LogP contribution in [0.25, 0.3) is 11.4 Å². The van der Waals surface area contributed by atoms with Crippen LogP contribution in [-0.2, 0) is 17.1 Å². The maximum absolute atomic E-state index is 13.1. The van der Waals surface area contributed by atoms with Crippen molar-refractivity contribution < 1.29 is 35.9 Å². The van der Waals surface area contributed by atoms with Crippen molar-refractivity contribution in [2.24, 2.45) is 0 Å². The predicted molar refractivity (Wildman–Crippen MR) is 145 cm³/mol. The first-order valence-electron chi connectivity index (χ1n) is 11.8. The second-order valence-corrected chi connectivity index (χ2v) is 9.01. The van der Waals surface area contributed by atoms with Gasteiger partial charge in [-0.1, -0.05) is 18.2 Å². The highest BCUT2D eigenvalue weighted by atomic mass is 35.5. The molecule has 0 radical (unpaired) electrons. The third-order valence-corrected chi connectivity index (χ3v) is 5.75. The lowest BCUT2D eigenvalue weighted by molar-refractivity contribution is -0.143. The molecule has 4 rings (SSSR count). The molecule has 3 N–H and O–H groups in total. The van der Waals surface area contributed by atoms with Crippen molar-refractivity contribution in [3.8, 4) is 11.4 Å². The zero-order valence-corrected chi connectivity index (χ0v) is 21.8. The molecule has 0 spiro atoms. The first-order chi connectivity index (χ1) is 19.7. The van der Waals surface area contributed by atoms with Crippen molar-refractivity contribution in [2.75, 3.05) is 16.0 Å². The van der Waals surface area contributed by atoms with E-state index in [2.05, 4.69) is 32.5 Å². The lowest BCUT2D eigenvalue weighted by atomic mass is 10.1. The van der Waals surface area contributed by atoms with E-state index in [4.69, 9.17) is 11.6 Å². The van der Waals surface area contributed by atoms with Crippen molar-refractivity contribution in [3.63, 3.8) is 0 Å². The van der Waals surface area contributed by atoms with Crippen LogP contribution in [0.15, 0.2) is 85.5 Å². The lowest BCUT2D eigenvalue weighted by Crippen LogP contribution is -2.16. The molecule has 4 aromatic rings. The van der Waals surface area contributed by atoms with Gasteiger partial charge in [-0.3, -0.25) is 9.59 Å². The Labute approximate surface area is 239 Å². The van der Waals surface area contributed by atoms with Gasteiger partial charge < -0.3 is 16.0 Å². The predicted octanol–water partition coefficient (Wildman–Crippen LogP) is 7.96. The van der Waals surface area contributed by atoms with E-state index in [1.807, 2.05) is 0 Å². The molecule has 0 aliphatic carbocycles. The van der Waals surface area contributed by atoms with E-state index in [9.17, 15) is 35.9 Å². The standard InChI is InChI=1S/C28H18ClF6N5O2/c1-2-24(41)37-20-7-3-15(4-8-20)25-39-22(29)14-23(40-25)36-19-9-5-16(6-10-19)26(42)38-21-12-17(27(30,31)32)11-18(13-21)28(33,34)35/h2-14H,1H2,(H,37,41)(H,38,42)(H,36,39,40). The second kappa shape index (κ2) is 11.9. The quantitative estimate of drug-likeness (QED) is 0.113. The second-order valence-electron chi connectivity index (χ2n) is 8.62. The van der Waals surface area contributed by atoms with Crippen LogP contribution in [0, 0.1) is 0 Å². The Kier molecular flexibility index (Phi) is 8.52. The van der Waals surface area contributed by atoms with Gasteiger partial charge in [0.05, 0.1) is 11.1 Å². The highest BCUT2D eigenvalue weighted by Gasteiger charge is 2.37. The Bertz CT molecular complexity index is 1610. The summed E-state index contributed by atoms with van der Waals surface area (Å²) in [6, 6.07) is 14.4. The van der Waals surface area contributed by atoms with Crippen LogP contribution in [0.4, 0.5) is 49.2 Å². The summed E-state index contributed by atoms with van der Waals surface area (Å²) in [6.45, 7) is 3.38. The molecule has 2 amide bonds. The van der Waals surface area contributed by atoms with E-state index < -0.39 is 35.1 Å². The number of alkyl halides is 6. The maximum atomic E-state index is 13.1. The molecule has 0 bridgehead atoms. The van der Waals surface area contributed by atoms with E-state index >= 15 is 0 Å². The lowest BCUT2D eigenvalue weighted by Gasteiger charge is -2.15. The number of benzene rings is 3. The van der Waals surface area contributed by atoms with Gasteiger partial charge in [-0.25, -0.2) is 9.97 Å². The topological polar surface area (TPSA) is 96.0 Å². The van der Waals surface area contributed by atoms with Crippen LogP contribution in [0.2, 0.25) is 5.15 Å². The zero-order chi connectivity index (χ0) is 30.7. The summed E-state index contributed by atoms with van der Waals surface area (Å²) >= 11 is 6.15.